The molecular weight excluding hydrogens is 363 g/mol. The third kappa shape index (κ3) is 4.73. The molecule has 2 N–H and O–H groups in total. The van der Waals surface area contributed by atoms with Crippen molar-refractivity contribution in [3.8, 4) is 0 Å². The molecule has 7 heteroatoms. The van der Waals surface area contributed by atoms with Gasteiger partial charge in [0.25, 0.3) is 0 Å². The van der Waals surface area contributed by atoms with Crippen LogP contribution in [0, 0.1) is 11.7 Å². The van der Waals surface area contributed by atoms with Crippen LogP contribution in [-0.4, -0.2) is 40.9 Å². The van der Waals surface area contributed by atoms with Crippen molar-refractivity contribution in [1.29, 1.82) is 0 Å². The predicted octanol–water partition coefficient (Wildman–Crippen LogP) is 2.94. The summed E-state index contributed by atoms with van der Waals surface area (Å²) in [6.07, 6.45) is 1.03. The quantitative estimate of drug-likeness (QED) is 0.830. The summed E-state index contributed by atoms with van der Waals surface area (Å²) in [6, 6.07) is 12.2. The number of hydrogen-bond acceptors (Lipinski definition) is 3. The Morgan fingerprint density at radius 3 is 2.46 bits per heavy atom. The predicted molar refractivity (Wildman–Crippen MR) is 101 cm³/mol. The van der Waals surface area contributed by atoms with Crippen molar-refractivity contribution in [2.45, 2.75) is 19.3 Å². The number of nitrogens with zero attached hydrogens (tertiary/aromatic N) is 1. The summed E-state index contributed by atoms with van der Waals surface area (Å²) >= 11 is 0. The molecule has 146 valence electrons. The van der Waals surface area contributed by atoms with Crippen molar-refractivity contribution in [3.63, 3.8) is 0 Å². The Labute approximate surface area is 162 Å². The first-order valence-corrected chi connectivity index (χ1v) is 9.09. The van der Waals surface area contributed by atoms with E-state index in [4.69, 9.17) is 0 Å². The minimum absolute atomic E-state index is 0.0165. The van der Waals surface area contributed by atoms with Gasteiger partial charge in [-0.05, 0) is 42.7 Å². The second-order valence-electron chi connectivity index (χ2n) is 6.79. The normalized spacial score (nSPS) is 14.5. The van der Waals surface area contributed by atoms with E-state index in [2.05, 4.69) is 5.32 Å². The number of carboxylic acids is 1. The van der Waals surface area contributed by atoms with Crippen LogP contribution in [0.3, 0.4) is 0 Å². The number of amides is 2. The van der Waals surface area contributed by atoms with Gasteiger partial charge in [-0.25, -0.2) is 9.18 Å². The molecule has 3 rings (SSSR count). The van der Waals surface area contributed by atoms with Crippen LogP contribution in [-0.2, 0) is 16.0 Å². The molecule has 0 atom stereocenters. The van der Waals surface area contributed by atoms with Crippen molar-refractivity contribution < 1.29 is 23.9 Å². The number of piperidine rings is 1. The van der Waals surface area contributed by atoms with Crippen LogP contribution in [0.4, 0.5) is 10.1 Å². The van der Waals surface area contributed by atoms with Gasteiger partial charge in [-0.2, -0.15) is 0 Å². The maximum absolute atomic E-state index is 13.2. The Morgan fingerprint density at radius 1 is 1.07 bits per heavy atom. The Hall–Kier alpha value is -3.22. The number of anilines is 1. The molecule has 0 aromatic heterocycles. The average molecular weight is 384 g/mol. The van der Waals surface area contributed by atoms with Crippen molar-refractivity contribution >= 4 is 23.5 Å². The van der Waals surface area contributed by atoms with Crippen LogP contribution in [0.2, 0.25) is 0 Å². The number of halogens is 1. The standard InChI is InChI=1S/C21H21FN2O4/c22-16-5-3-6-17(13-16)23-20(26)14-8-10-24(11-9-14)19(25)12-15-4-1-2-7-18(15)21(27)28/h1-7,13-14H,8-12H2,(H,23,26)(H,27,28). The number of nitrogens with one attached hydrogen (secondary N) is 1. The summed E-state index contributed by atoms with van der Waals surface area (Å²) in [7, 11) is 0. The smallest absolute Gasteiger partial charge is 0.335 e. The van der Waals surface area contributed by atoms with E-state index in [1.54, 1.807) is 29.2 Å². The number of likely N-dealkylation sites (tertiary alicyclic amines) is 1. The zero-order valence-electron chi connectivity index (χ0n) is 15.2. The highest BCUT2D eigenvalue weighted by atomic mass is 19.1. The highest BCUT2D eigenvalue weighted by Gasteiger charge is 2.28. The molecular formula is C21H21FN2O4. The number of carboxylic acid groups (broad SMARTS) is 1. The van der Waals surface area contributed by atoms with Gasteiger partial charge in [-0.15, -0.1) is 0 Å². The maximum atomic E-state index is 13.2. The Kier molecular flexibility index (Phi) is 6.03. The molecule has 1 aliphatic heterocycles. The molecule has 0 unspecified atom stereocenters. The summed E-state index contributed by atoms with van der Waals surface area (Å²) in [5.41, 5.74) is 1.01. The van der Waals surface area contributed by atoms with Crippen molar-refractivity contribution in [1.82, 2.24) is 4.90 Å². The Balaban J connectivity index is 1.54. The number of carbonyl (C=O) groups is 3. The fraction of sp³-hybridized carbons (Fsp3) is 0.286. The molecule has 28 heavy (non-hydrogen) atoms. The SMILES string of the molecule is O=C(O)c1ccccc1CC(=O)N1CCC(C(=O)Nc2cccc(F)c2)CC1. The lowest BCUT2D eigenvalue weighted by atomic mass is 9.95. The van der Waals surface area contributed by atoms with E-state index in [0.29, 0.717) is 37.2 Å². The zero-order valence-corrected chi connectivity index (χ0v) is 15.2. The molecule has 6 nitrogen and oxygen atoms in total. The van der Waals surface area contributed by atoms with Crippen LogP contribution in [0.1, 0.15) is 28.8 Å². The van der Waals surface area contributed by atoms with Gasteiger partial charge in [0.05, 0.1) is 12.0 Å². The number of benzene rings is 2. The molecule has 0 radical (unpaired) electrons. The van der Waals surface area contributed by atoms with Gasteiger partial charge in [0, 0.05) is 24.7 Å². The molecule has 1 aliphatic rings. The highest BCUT2D eigenvalue weighted by molar-refractivity contribution is 5.93. The van der Waals surface area contributed by atoms with Crippen molar-refractivity contribution in [2.24, 2.45) is 5.92 Å². The lowest BCUT2D eigenvalue weighted by Gasteiger charge is -2.31. The molecule has 2 aromatic carbocycles. The van der Waals surface area contributed by atoms with Gasteiger partial charge >= 0.3 is 5.97 Å². The van der Waals surface area contributed by atoms with Gasteiger partial charge in [0.1, 0.15) is 5.82 Å². The van der Waals surface area contributed by atoms with Crippen LogP contribution >= 0.6 is 0 Å². The van der Waals surface area contributed by atoms with Gasteiger partial charge in [-0.1, -0.05) is 24.3 Å². The minimum atomic E-state index is -1.06. The fourth-order valence-electron chi connectivity index (χ4n) is 3.36. The summed E-state index contributed by atoms with van der Waals surface area (Å²) in [4.78, 5) is 37.8. The largest absolute Gasteiger partial charge is 0.478 e. The first-order valence-electron chi connectivity index (χ1n) is 9.09. The maximum Gasteiger partial charge on any atom is 0.335 e. The van der Waals surface area contributed by atoms with E-state index >= 15 is 0 Å². The zero-order chi connectivity index (χ0) is 20.1. The monoisotopic (exact) mass is 384 g/mol. The first-order chi connectivity index (χ1) is 13.4. The van der Waals surface area contributed by atoms with Gasteiger partial charge in [-0.3, -0.25) is 9.59 Å². The Morgan fingerprint density at radius 2 is 1.79 bits per heavy atom. The van der Waals surface area contributed by atoms with Crippen molar-refractivity contribution in [3.05, 3.63) is 65.5 Å². The highest BCUT2D eigenvalue weighted by Crippen LogP contribution is 2.21. The third-order valence-electron chi connectivity index (χ3n) is 4.90. The van der Waals surface area contributed by atoms with E-state index in [1.165, 1.54) is 24.3 Å². The average Bonchev–Trinajstić information content (AvgIpc) is 2.68. The lowest BCUT2D eigenvalue weighted by molar-refractivity contribution is -0.133. The van der Waals surface area contributed by atoms with Crippen LogP contribution in [0.15, 0.2) is 48.5 Å². The van der Waals surface area contributed by atoms with Gasteiger partial charge in [0.15, 0.2) is 0 Å². The first kappa shape index (κ1) is 19.5. The molecule has 2 amide bonds. The molecule has 0 aliphatic carbocycles. The van der Waals surface area contributed by atoms with Gasteiger partial charge in [0.2, 0.25) is 11.8 Å². The van der Waals surface area contributed by atoms with E-state index in [0.717, 1.165) is 0 Å². The third-order valence-corrected chi connectivity index (χ3v) is 4.90. The van der Waals surface area contributed by atoms with Crippen LogP contribution in [0.5, 0.6) is 0 Å². The summed E-state index contributed by atoms with van der Waals surface area (Å²) in [6.45, 7) is 0.852. The number of aromatic carboxylic acids is 1. The number of hydrogen-bond donors (Lipinski definition) is 2. The molecule has 0 bridgehead atoms. The van der Waals surface area contributed by atoms with E-state index in [1.807, 2.05) is 0 Å². The molecule has 2 aromatic rings. The molecule has 1 fully saturated rings. The lowest BCUT2D eigenvalue weighted by Crippen LogP contribution is -2.42. The van der Waals surface area contributed by atoms with Crippen LogP contribution < -0.4 is 5.32 Å². The molecule has 1 heterocycles. The molecule has 1 saturated heterocycles. The van der Waals surface area contributed by atoms with Gasteiger partial charge < -0.3 is 15.3 Å². The topological polar surface area (TPSA) is 86.7 Å². The fourth-order valence-corrected chi connectivity index (χ4v) is 3.36. The number of carbonyl (C=O) groups excluding carboxylic acids is 2. The summed E-state index contributed by atoms with van der Waals surface area (Å²) < 4.78 is 13.2. The summed E-state index contributed by atoms with van der Waals surface area (Å²) in [5, 5.41) is 11.9. The van der Waals surface area contributed by atoms with E-state index in [-0.39, 0.29) is 29.7 Å². The Bertz CT molecular complexity index is 891. The van der Waals surface area contributed by atoms with E-state index < -0.39 is 11.8 Å². The van der Waals surface area contributed by atoms with Crippen LogP contribution in [0.25, 0.3) is 0 Å². The molecule has 0 spiro atoms. The summed E-state index contributed by atoms with van der Waals surface area (Å²) in [5.74, 6) is -2.07. The van der Waals surface area contributed by atoms with E-state index in [9.17, 15) is 23.9 Å². The molecule has 0 saturated carbocycles. The minimum Gasteiger partial charge on any atom is -0.478 e. The number of rotatable bonds is 5. The second kappa shape index (κ2) is 8.65. The van der Waals surface area contributed by atoms with Crippen molar-refractivity contribution in [2.75, 3.05) is 18.4 Å². The second-order valence-corrected chi connectivity index (χ2v) is 6.79.